The Hall–Kier alpha value is -2.77. The minimum Gasteiger partial charge on any atom is -0.496 e. The normalized spacial score (nSPS) is 12.7. The molecule has 3 aromatic carbocycles. The van der Waals surface area contributed by atoms with Gasteiger partial charge in [-0.15, -0.1) is 0 Å². The number of benzene rings is 3. The van der Waals surface area contributed by atoms with Crippen molar-refractivity contribution in [3.8, 4) is 11.5 Å². The zero-order valence-corrected chi connectivity index (χ0v) is 19.1. The quantitative estimate of drug-likeness (QED) is 0.135. The maximum absolute atomic E-state index is 13.2. The van der Waals surface area contributed by atoms with Gasteiger partial charge in [0.2, 0.25) is 0 Å². The number of anilines is 1. The van der Waals surface area contributed by atoms with Gasteiger partial charge in [-0.3, -0.25) is 9.59 Å². The number of nitrogens with zero attached hydrogens (tertiary/aromatic N) is 1. The van der Waals surface area contributed by atoms with Gasteiger partial charge in [-0.2, -0.15) is 0 Å². The molecule has 0 aliphatic carbocycles. The topological polar surface area (TPSA) is 72.9 Å². The van der Waals surface area contributed by atoms with Crippen LogP contribution in [-0.4, -0.2) is 24.9 Å². The summed E-state index contributed by atoms with van der Waals surface area (Å²) in [7, 11) is 1.42. The Morgan fingerprint density at radius 3 is 1.81 bits per heavy atom. The van der Waals surface area contributed by atoms with Crippen molar-refractivity contribution in [3.63, 3.8) is 0 Å². The molecular weight excluding hydrogens is 500 g/mol. The lowest BCUT2D eigenvalue weighted by Gasteiger charge is -2.18. The standard InChI is InChI=1S/C22H11Cl4NO5/c1-31-12-8-4-2-6-10(12)22(30)32-13-9-5-3-7-11(13)27-20(28)14-15(21(27)29)17(24)19(26)18(25)16(14)23/h2-9H,1H3. The van der Waals surface area contributed by atoms with E-state index in [1.54, 1.807) is 30.3 Å². The number of carbonyl (C=O) groups excluding carboxylic acids is 3. The molecule has 0 bridgehead atoms. The van der Waals surface area contributed by atoms with E-state index in [0.29, 0.717) is 5.75 Å². The lowest BCUT2D eigenvalue weighted by molar-refractivity contribution is 0.0728. The van der Waals surface area contributed by atoms with Crippen LogP contribution in [0.15, 0.2) is 48.5 Å². The minimum atomic E-state index is -0.781. The van der Waals surface area contributed by atoms with E-state index < -0.39 is 17.8 Å². The van der Waals surface area contributed by atoms with Crippen molar-refractivity contribution in [3.05, 3.63) is 85.3 Å². The van der Waals surface area contributed by atoms with E-state index in [0.717, 1.165) is 4.90 Å². The van der Waals surface area contributed by atoms with Crippen LogP contribution < -0.4 is 14.4 Å². The van der Waals surface area contributed by atoms with Gasteiger partial charge in [0.1, 0.15) is 11.3 Å². The Morgan fingerprint density at radius 1 is 0.750 bits per heavy atom. The maximum atomic E-state index is 13.2. The fourth-order valence-electron chi connectivity index (χ4n) is 3.26. The maximum Gasteiger partial charge on any atom is 0.347 e. The Bertz CT molecular complexity index is 1260. The van der Waals surface area contributed by atoms with Crippen LogP contribution in [0.3, 0.4) is 0 Å². The monoisotopic (exact) mass is 509 g/mol. The molecule has 2 amide bonds. The van der Waals surface area contributed by atoms with Gasteiger partial charge >= 0.3 is 5.97 Å². The number of rotatable bonds is 4. The Labute approximate surface area is 202 Å². The molecule has 4 rings (SSSR count). The first-order valence-corrected chi connectivity index (χ1v) is 10.5. The number of hydrogen-bond acceptors (Lipinski definition) is 5. The first kappa shape index (κ1) is 22.4. The van der Waals surface area contributed by atoms with Crippen LogP contribution in [0.1, 0.15) is 31.1 Å². The van der Waals surface area contributed by atoms with Crippen molar-refractivity contribution >= 4 is 69.9 Å². The zero-order chi connectivity index (χ0) is 23.2. The number of halogens is 4. The number of amides is 2. The zero-order valence-electron chi connectivity index (χ0n) is 16.1. The van der Waals surface area contributed by atoms with E-state index >= 15 is 0 Å². The third kappa shape index (κ3) is 3.49. The van der Waals surface area contributed by atoms with Gasteiger partial charge in [-0.25, -0.2) is 9.69 Å². The highest BCUT2D eigenvalue weighted by atomic mass is 35.5. The summed E-state index contributed by atoms with van der Waals surface area (Å²) in [6.07, 6.45) is 0. The molecule has 10 heteroatoms. The first-order valence-electron chi connectivity index (χ1n) is 8.96. The van der Waals surface area contributed by atoms with Crippen molar-refractivity contribution in [2.75, 3.05) is 12.0 Å². The molecule has 32 heavy (non-hydrogen) atoms. The molecule has 0 aromatic heterocycles. The second kappa shape index (κ2) is 8.64. The van der Waals surface area contributed by atoms with Crippen LogP contribution in [0.2, 0.25) is 20.1 Å². The molecule has 0 spiro atoms. The summed E-state index contributed by atoms with van der Waals surface area (Å²) >= 11 is 24.5. The van der Waals surface area contributed by atoms with Gasteiger partial charge < -0.3 is 9.47 Å². The molecule has 0 saturated carbocycles. The molecule has 0 atom stereocenters. The fourth-order valence-corrected chi connectivity index (χ4v) is 4.28. The molecule has 0 fully saturated rings. The number of ether oxygens (including phenoxy) is 2. The molecule has 1 heterocycles. The van der Waals surface area contributed by atoms with Crippen molar-refractivity contribution in [1.82, 2.24) is 0 Å². The van der Waals surface area contributed by atoms with Gasteiger partial charge in [0.15, 0.2) is 5.75 Å². The van der Waals surface area contributed by atoms with Crippen LogP contribution in [0.4, 0.5) is 5.69 Å². The number of hydrogen-bond donors (Lipinski definition) is 0. The second-order valence-electron chi connectivity index (χ2n) is 6.51. The lowest BCUT2D eigenvalue weighted by atomic mass is 10.1. The van der Waals surface area contributed by atoms with Crippen molar-refractivity contribution < 1.29 is 23.9 Å². The highest BCUT2D eigenvalue weighted by Gasteiger charge is 2.43. The van der Waals surface area contributed by atoms with Gasteiger partial charge in [0.25, 0.3) is 11.8 Å². The molecule has 0 unspecified atom stereocenters. The average molecular weight is 511 g/mol. The van der Waals surface area contributed by atoms with E-state index in [9.17, 15) is 14.4 Å². The largest absolute Gasteiger partial charge is 0.496 e. The number of methoxy groups -OCH3 is 1. The number of esters is 1. The summed E-state index contributed by atoms with van der Waals surface area (Å²) in [6.45, 7) is 0. The summed E-state index contributed by atoms with van der Waals surface area (Å²) in [5.41, 5.74) is -0.179. The summed E-state index contributed by atoms with van der Waals surface area (Å²) in [5.74, 6) is -2.04. The summed E-state index contributed by atoms with van der Waals surface area (Å²) < 4.78 is 10.7. The van der Waals surface area contributed by atoms with Crippen LogP contribution in [0.25, 0.3) is 0 Å². The average Bonchev–Trinajstić information content (AvgIpc) is 3.06. The lowest BCUT2D eigenvalue weighted by Crippen LogP contribution is -2.30. The summed E-state index contributed by atoms with van der Waals surface area (Å²) in [4.78, 5) is 39.9. The third-order valence-corrected chi connectivity index (χ3v) is 6.54. The second-order valence-corrected chi connectivity index (χ2v) is 8.02. The van der Waals surface area contributed by atoms with Crippen molar-refractivity contribution in [2.24, 2.45) is 0 Å². The Kier molecular flexibility index (Phi) is 6.05. The minimum absolute atomic E-state index is 0.0151. The van der Waals surface area contributed by atoms with E-state index in [4.69, 9.17) is 55.9 Å². The van der Waals surface area contributed by atoms with Gasteiger partial charge in [0.05, 0.1) is 44.0 Å². The predicted octanol–water partition coefficient (Wildman–Crippen LogP) is 6.33. The number of fused-ring (bicyclic) bond motifs is 1. The Balaban J connectivity index is 1.77. The van der Waals surface area contributed by atoms with E-state index in [1.807, 2.05) is 0 Å². The Morgan fingerprint density at radius 2 is 1.25 bits per heavy atom. The van der Waals surface area contributed by atoms with Gasteiger partial charge in [-0.1, -0.05) is 70.7 Å². The van der Waals surface area contributed by atoms with Gasteiger partial charge in [-0.05, 0) is 24.3 Å². The molecule has 1 aliphatic heterocycles. The highest BCUT2D eigenvalue weighted by Crippen LogP contribution is 2.46. The number of carbonyl (C=O) groups is 3. The highest BCUT2D eigenvalue weighted by molar-refractivity contribution is 6.56. The van der Waals surface area contributed by atoms with Crippen LogP contribution in [0, 0.1) is 0 Å². The SMILES string of the molecule is COc1ccccc1C(=O)Oc1ccccc1N1C(=O)c2c(Cl)c(Cl)c(Cl)c(Cl)c2C1=O. The smallest absolute Gasteiger partial charge is 0.347 e. The molecule has 3 aromatic rings. The number of imide groups is 1. The molecular formula is C22H11Cl4NO5. The van der Waals surface area contributed by atoms with Crippen LogP contribution in [0.5, 0.6) is 11.5 Å². The van der Waals surface area contributed by atoms with Crippen molar-refractivity contribution in [2.45, 2.75) is 0 Å². The molecule has 6 nitrogen and oxygen atoms in total. The molecule has 0 saturated heterocycles. The molecule has 162 valence electrons. The van der Waals surface area contributed by atoms with Crippen LogP contribution in [-0.2, 0) is 0 Å². The van der Waals surface area contributed by atoms with Crippen LogP contribution >= 0.6 is 46.4 Å². The molecule has 1 aliphatic rings. The summed E-state index contributed by atoms with van der Waals surface area (Å²) in [5, 5.41) is -0.673. The molecule has 0 radical (unpaired) electrons. The summed E-state index contributed by atoms with van der Waals surface area (Å²) in [6, 6.07) is 12.5. The van der Waals surface area contributed by atoms with E-state index in [2.05, 4.69) is 0 Å². The molecule has 0 N–H and O–H groups in total. The van der Waals surface area contributed by atoms with Crippen molar-refractivity contribution in [1.29, 1.82) is 0 Å². The number of para-hydroxylation sites is 3. The van der Waals surface area contributed by atoms with E-state index in [-0.39, 0.29) is 48.2 Å². The van der Waals surface area contributed by atoms with E-state index in [1.165, 1.54) is 25.3 Å². The third-order valence-electron chi connectivity index (χ3n) is 4.74. The predicted molar refractivity (Wildman–Crippen MR) is 122 cm³/mol. The fraction of sp³-hybridized carbons (Fsp3) is 0.0455. The first-order chi connectivity index (χ1) is 15.3. The van der Waals surface area contributed by atoms with Gasteiger partial charge in [0, 0.05) is 0 Å².